The second-order valence-corrected chi connectivity index (χ2v) is 5.67. The number of pyridine rings is 1. The molecule has 0 bridgehead atoms. The topological polar surface area (TPSA) is 88.5 Å². The molecule has 0 saturated heterocycles. The molecule has 0 saturated carbocycles. The van der Waals surface area contributed by atoms with Crippen LogP contribution in [0.4, 0.5) is 4.39 Å². The molecule has 1 atom stereocenters. The molecule has 6 nitrogen and oxygen atoms in total. The van der Waals surface area contributed by atoms with Gasteiger partial charge in [-0.2, -0.15) is 0 Å². The van der Waals surface area contributed by atoms with E-state index in [-0.39, 0.29) is 18.3 Å². The number of carboxylic acid groups (broad SMARTS) is 1. The van der Waals surface area contributed by atoms with Crippen molar-refractivity contribution in [1.82, 2.24) is 10.3 Å². The van der Waals surface area contributed by atoms with Gasteiger partial charge in [0.2, 0.25) is 0 Å². The zero-order valence-electron chi connectivity index (χ0n) is 13.9. The van der Waals surface area contributed by atoms with Gasteiger partial charge in [0.25, 0.3) is 5.91 Å². The van der Waals surface area contributed by atoms with Crippen molar-refractivity contribution in [2.45, 2.75) is 25.9 Å². The minimum absolute atomic E-state index is 0.0828. The van der Waals surface area contributed by atoms with Crippen LogP contribution in [0.2, 0.25) is 0 Å². The molecule has 25 heavy (non-hydrogen) atoms. The molecule has 0 aliphatic carbocycles. The number of aromatic nitrogens is 1. The molecular formula is C18H19FN2O4. The lowest BCUT2D eigenvalue weighted by Gasteiger charge is -2.16. The van der Waals surface area contributed by atoms with Gasteiger partial charge in [0.15, 0.2) is 11.4 Å². The van der Waals surface area contributed by atoms with Crippen molar-refractivity contribution in [3.8, 4) is 5.75 Å². The number of halogens is 1. The van der Waals surface area contributed by atoms with Gasteiger partial charge < -0.3 is 15.2 Å². The Hall–Kier alpha value is -2.96. The van der Waals surface area contributed by atoms with Crippen molar-refractivity contribution >= 4 is 11.9 Å². The highest BCUT2D eigenvalue weighted by atomic mass is 19.1. The fourth-order valence-corrected chi connectivity index (χ4v) is 2.23. The molecule has 7 heteroatoms. The molecule has 0 radical (unpaired) electrons. The van der Waals surface area contributed by atoms with Crippen molar-refractivity contribution < 1.29 is 23.8 Å². The average Bonchev–Trinajstić information content (AvgIpc) is 2.56. The molecule has 1 amide bonds. The van der Waals surface area contributed by atoms with Crippen molar-refractivity contribution in [1.29, 1.82) is 0 Å². The van der Waals surface area contributed by atoms with Crippen LogP contribution in [0.25, 0.3) is 0 Å². The molecule has 1 aromatic carbocycles. The molecule has 0 fully saturated rings. The largest absolute Gasteiger partial charge is 0.489 e. The summed E-state index contributed by atoms with van der Waals surface area (Å²) in [6.07, 6.45) is 1.32. The monoisotopic (exact) mass is 346 g/mol. The lowest BCUT2D eigenvalue weighted by atomic mass is 9.99. The van der Waals surface area contributed by atoms with Gasteiger partial charge in [-0.1, -0.05) is 12.1 Å². The summed E-state index contributed by atoms with van der Waals surface area (Å²) in [5.41, 5.74) is 0.480. The smallest absolute Gasteiger partial charge is 0.312 e. The maximum Gasteiger partial charge on any atom is 0.312 e. The van der Waals surface area contributed by atoms with Crippen molar-refractivity contribution in [2.24, 2.45) is 0 Å². The van der Waals surface area contributed by atoms with Gasteiger partial charge in [-0.25, -0.2) is 9.37 Å². The van der Waals surface area contributed by atoms with Crippen LogP contribution >= 0.6 is 0 Å². The van der Waals surface area contributed by atoms with Crippen molar-refractivity contribution in [2.75, 3.05) is 6.54 Å². The first-order valence-electron chi connectivity index (χ1n) is 7.76. The molecule has 2 rings (SSSR count). The third kappa shape index (κ3) is 5.00. The summed E-state index contributed by atoms with van der Waals surface area (Å²) in [5.74, 6) is -2.79. The SMILES string of the molecule is CC(C)Oc1cccnc1C(=O)NCC(C(=O)O)c1ccc(F)cc1. The Morgan fingerprint density at radius 3 is 2.52 bits per heavy atom. The lowest BCUT2D eigenvalue weighted by Crippen LogP contribution is -2.32. The number of nitrogens with zero attached hydrogens (tertiary/aromatic N) is 1. The molecule has 1 heterocycles. The van der Waals surface area contributed by atoms with Crippen molar-refractivity contribution in [3.63, 3.8) is 0 Å². The van der Waals surface area contributed by atoms with Crippen LogP contribution in [0, 0.1) is 5.82 Å². The second-order valence-electron chi connectivity index (χ2n) is 5.67. The average molecular weight is 346 g/mol. The number of aliphatic carboxylic acids is 1. The van der Waals surface area contributed by atoms with Crippen LogP contribution in [-0.4, -0.2) is 34.6 Å². The van der Waals surface area contributed by atoms with E-state index < -0.39 is 23.6 Å². The molecule has 0 spiro atoms. The summed E-state index contributed by atoms with van der Waals surface area (Å²) in [4.78, 5) is 27.8. The summed E-state index contributed by atoms with van der Waals surface area (Å²) >= 11 is 0. The quantitative estimate of drug-likeness (QED) is 0.804. The van der Waals surface area contributed by atoms with E-state index in [2.05, 4.69) is 10.3 Å². The lowest BCUT2D eigenvalue weighted by molar-refractivity contribution is -0.138. The van der Waals surface area contributed by atoms with Crippen LogP contribution in [0.3, 0.4) is 0 Å². The minimum Gasteiger partial charge on any atom is -0.489 e. The van der Waals surface area contributed by atoms with Crippen molar-refractivity contribution in [3.05, 3.63) is 59.7 Å². The number of carbonyl (C=O) groups is 2. The summed E-state index contributed by atoms with van der Waals surface area (Å²) in [5, 5.41) is 11.9. The predicted molar refractivity (Wildman–Crippen MR) is 89.1 cm³/mol. The highest BCUT2D eigenvalue weighted by Crippen LogP contribution is 2.19. The molecule has 0 aliphatic rings. The van der Waals surface area contributed by atoms with E-state index >= 15 is 0 Å². The molecule has 2 N–H and O–H groups in total. The van der Waals surface area contributed by atoms with Gasteiger partial charge in [0.05, 0.1) is 12.0 Å². The summed E-state index contributed by atoms with van der Waals surface area (Å²) in [6.45, 7) is 3.49. The Bertz CT molecular complexity index is 747. The molecule has 1 unspecified atom stereocenters. The standard InChI is InChI=1S/C18H19FN2O4/c1-11(2)25-15-4-3-9-20-16(15)17(22)21-10-14(18(23)24)12-5-7-13(19)8-6-12/h3-9,11,14H,10H2,1-2H3,(H,21,22)(H,23,24). The number of carbonyl (C=O) groups excluding carboxylic acids is 1. The van der Waals surface area contributed by atoms with Crippen LogP contribution < -0.4 is 10.1 Å². The Balaban J connectivity index is 2.12. The second kappa shape index (κ2) is 8.23. The zero-order chi connectivity index (χ0) is 18.4. The Kier molecular flexibility index (Phi) is 6.05. The number of nitrogens with one attached hydrogen (secondary N) is 1. The first-order valence-corrected chi connectivity index (χ1v) is 7.76. The minimum atomic E-state index is -1.12. The Morgan fingerprint density at radius 2 is 1.92 bits per heavy atom. The number of amides is 1. The summed E-state index contributed by atoms with van der Waals surface area (Å²) in [7, 11) is 0. The third-order valence-electron chi connectivity index (χ3n) is 3.39. The molecule has 2 aromatic rings. The van der Waals surface area contributed by atoms with Gasteiger partial charge in [0.1, 0.15) is 5.82 Å². The normalized spacial score (nSPS) is 11.8. The zero-order valence-corrected chi connectivity index (χ0v) is 13.9. The van der Waals surface area contributed by atoms with E-state index in [9.17, 15) is 19.1 Å². The van der Waals surface area contributed by atoms with Gasteiger partial charge >= 0.3 is 5.97 Å². The van der Waals surface area contributed by atoms with E-state index in [1.165, 1.54) is 30.5 Å². The molecule has 1 aromatic heterocycles. The Labute approximate surface area is 144 Å². The van der Waals surface area contributed by atoms with E-state index in [1.807, 2.05) is 13.8 Å². The fourth-order valence-electron chi connectivity index (χ4n) is 2.23. The number of ether oxygens (including phenoxy) is 1. The molecule has 0 aliphatic heterocycles. The first-order chi connectivity index (χ1) is 11.9. The summed E-state index contributed by atoms with van der Waals surface area (Å²) < 4.78 is 18.5. The van der Waals surface area contributed by atoms with Gasteiger partial charge in [0, 0.05) is 12.7 Å². The predicted octanol–water partition coefficient (Wildman–Crippen LogP) is 2.61. The number of hydrogen-bond acceptors (Lipinski definition) is 4. The highest BCUT2D eigenvalue weighted by Gasteiger charge is 2.22. The van der Waals surface area contributed by atoms with Crippen LogP contribution in [0.5, 0.6) is 5.75 Å². The number of hydrogen-bond donors (Lipinski definition) is 2. The van der Waals surface area contributed by atoms with Crippen LogP contribution in [0.15, 0.2) is 42.6 Å². The van der Waals surface area contributed by atoms with E-state index in [0.717, 1.165) is 0 Å². The maximum atomic E-state index is 13.0. The third-order valence-corrected chi connectivity index (χ3v) is 3.39. The fraction of sp³-hybridized carbons (Fsp3) is 0.278. The number of benzene rings is 1. The highest BCUT2D eigenvalue weighted by molar-refractivity contribution is 5.95. The van der Waals surface area contributed by atoms with E-state index in [4.69, 9.17) is 4.74 Å². The first kappa shape index (κ1) is 18.4. The van der Waals surface area contributed by atoms with Gasteiger partial charge in [-0.15, -0.1) is 0 Å². The number of carboxylic acids is 1. The van der Waals surface area contributed by atoms with Gasteiger partial charge in [-0.05, 0) is 43.7 Å². The number of rotatable bonds is 7. The summed E-state index contributed by atoms with van der Waals surface area (Å²) in [6, 6.07) is 8.40. The van der Waals surface area contributed by atoms with Crippen LogP contribution in [0.1, 0.15) is 35.8 Å². The molecule has 132 valence electrons. The molecular weight excluding hydrogens is 327 g/mol. The maximum absolute atomic E-state index is 13.0. The van der Waals surface area contributed by atoms with Crippen LogP contribution in [-0.2, 0) is 4.79 Å². The van der Waals surface area contributed by atoms with E-state index in [0.29, 0.717) is 11.3 Å². The van der Waals surface area contributed by atoms with E-state index in [1.54, 1.807) is 12.1 Å². The Morgan fingerprint density at radius 1 is 1.24 bits per heavy atom. The van der Waals surface area contributed by atoms with Gasteiger partial charge in [-0.3, -0.25) is 9.59 Å².